The topological polar surface area (TPSA) is 18.5 Å². The van der Waals surface area contributed by atoms with E-state index in [2.05, 4.69) is 25.8 Å². The molecule has 1 aliphatic heterocycles. The summed E-state index contributed by atoms with van der Waals surface area (Å²) >= 11 is 2.85. The van der Waals surface area contributed by atoms with Gasteiger partial charge in [0.05, 0.1) is 0 Å². The Bertz CT molecular complexity index is 110. The molecule has 10 heavy (non-hydrogen) atoms. The van der Waals surface area contributed by atoms with Gasteiger partial charge in [-0.25, -0.2) is 0 Å². The first-order valence-corrected chi connectivity index (χ1v) is 18.7. The van der Waals surface area contributed by atoms with Crippen molar-refractivity contribution in [3.63, 3.8) is 0 Å². The Kier molecular flexibility index (Phi) is 4.13. The molecule has 0 saturated carbocycles. The Morgan fingerprint density at radius 1 is 1.60 bits per heavy atom. The third-order valence-electron chi connectivity index (χ3n) is 1.78. The average Bonchev–Trinajstić information content (AvgIpc) is 2.33. The van der Waals surface area contributed by atoms with Gasteiger partial charge >= 0.3 is 79.7 Å². The summed E-state index contributed by atoms with van der Waals surface area (Å²) in [7, 11) is 0. The van der Waals surface area contributed by atoms with E-state index in [1.165, 1.54) is 0 Å². The molecule has 1 saturated heterocycles. The van der Waals surface area contributed by atoms with Gasteiger partial charge in [-0.1, -0.05) is 0 Å². The zero-order valence-corrected chi connectivity index (χ0v) is 13.4. The van der Waals surface area contributed by atoms with Crippen molar-refractivity contribution in [1.29, 1.82) is 0 Å². The van der Waals surface area contributed by atoms with E-state index in [1.807, 2.05) is 0 Å². The molecule has 56 valence electrons. The van der Waals surface area contributed by atoms with E-state index >= 15 is 0 Å². The molecule has 0 aromatic carbocycles. The Morgan fingerprint density at radius 3 is 2.70 bits per heavy atom. The summed E-state index contributed by atoms with van der Waals surface area (Å²) < 4.78 is 0.750. The molecule has 0 radical (unpaired) electrons. The molecule has 4 heteroatoms. The van der Waals surface area contributed by atoms with Crippen molar-refractivity contribution in [3.05, 3.63) is 0 Å². The summed E-state index contributed by atoms with van der Waals surface area (Å²) in [4.78, 5) is 10.1. The zero-order chi connectivity index (χ0) is 7.56. The molecule has 0 aromatic heterocycles. The monoisotopic (exact) mass is 396 g/mol. The van der Waals surface area contributed by atoms with Crippen molar-refractivity contribution in [2.45, 2.75) is 23.4 Å². The first-order valence-electron chi connectivity index (χ1n) is 3.60. The Hall–Kier alpha value is 1.34. The number of hydrogen-bond donors (Lipinski definition) is 0. The van der Waals surface area contributed by atoms with Gasteiger partial charge in [-0.2, -0.15) is 0 Å². The van der Waals surface area contributed by atoms with E-state index in [0.29, 0.717) is 12.0 Å². The normalized spacial score (nSPS) is 32.8. The Balaban J connectivity index is 2.42. The van der Waals surface area contributed by atoms with E-state index in [1.54, 1.807) is 0 Å². The SMILES string of the molecule is CC(C)[C@H]1OOC[C@@H]1[Hg][Br]. The second-order valence-electron chi connectivity index (χ2n) is 3.00. The molecule has 0 spiro atoms. The van der Waals surface area contributed by atoms with Crippen LogP contribution in [0.5, 0.6) is 0 Å². The molecule has 2 nitrogen and oxygen atoms in total. The second-order valence-corrected chi connectivity index (χ2v) is 14.0. The molecule has 0 amide bonds. The van der Waals surface area contributed by atoms with Gasteiger partial charge in [0.25, 0.3) is 0 Å². The van der Waals surface area contributed by atoms with Gasteiger partial charge in [0.1, 0.15) is 0 Å². The quantitative estimate of drug-likeness (QED) is 0.527. The first kappa shape index (κ1) is 9.42. The van der Waals surface area contributed by atoms with Crippen LogP contribution in [0.1, 0.15) is 13.8 Å². The molecule has 1 rings (SSSR count). The van der Waals surface area contributed by atoms with E-state index in [4.69, 9.17) is 9.78 Å². The molecule has 0 aliphatic carbocycles. The fraction of sp³-hybridized carbons (Fsp3) is 1.00. The fourth-order valence-corrected chi connectivity index (χ4v) is 9.86. The van der Waals surface area contributed by atoms with Crippen molar-refractivity contribution < 1.29 is 31.9 Å². The maximum atomic E-state index is 5.14. The van der Waals surface area contributed by atoms with Crippen molar-refractivity contribution in [1.82, 2.24) is 0 Å². The molecule has 1 fully saturated rings. The van der Waals surface area contributed by atoms with Crippen molar-refractivity contribution in [2.24, 2.45) is 5.92 Å². The van der Waals surface area contributed by atoms with Gasteiger partial charge in [-0.05, 0) is 0 Å². The van der Waals surface area contributed by atoms with E-state index in [9.17, 15) is 0 Å². The average molecular weight is 396 g/mol. The van der Waals surface area contributed by atoms with Crippen LogP contribution in [-0.4, -0.2) is 12.7 Å². The van der Waals surface area contributed by atoms with Gasteiger partial charge in [-0.3, -0.25) is 0 Å². The molecular weight excluding hydrogens is 385 g/mol. The summed E-state index contributed by atoms with van der Waals surface area (Å²) in [5.41, 5.74) is 0. The third kappa shape index (κ3) is 2.16. The summed E-state index contributed by atoms with van der Waals surface area (Å²) in [5.74, 6) is 0.602. The summed E-state index contributed by atoms with van der Waals surface area (Å²) in [6.07, 6.45) is 0.376. The van der Waals surface area contributed by atoms with Crippen LogP contribution < -0.4 is 0 Å². The third-order valence-corrected chi connectivity index (χ3v) is 13.3. The molecule has 2 atom stereocenters. The van der Waals surface area contributed by atoms with Gasteiger partial charge in [0.2, 0.25) is 0 Å². The van der Waals surface area contributed by atoms with Gasteiger partial charge in [0, 0.05) is 0 Å². The molecule has 0 N–H and O–H groups in total. The zero-order valence-electron chi connectivity index (χ0n) is 6.34. The number of hydrogen-bond acceptors (Lipinski definition) is 2. The van der Waals surface area contributed by atoms with Crippen LogP contribution in [0, 0.1) is 5.92 Å². The summed E-state index contributed by atoms with van der Waals surface area (Å²) in [6, 6.07) is 0. The molecular formula is C6H11BrHgO2. The minimum atomic E-state index is -0.801. The predicted molar refractivity (Wildman–Crippen MR) is 38.3 cm³/mol. The number of rotatable bonds is 2. The van der Waals surface area contributed by atoms with Gasteiger partial charge in [0.15, 0.2) is 0 Å². The van der Waals surface area contributed by atoms with Crippen LogP contribution in [0.2, 0.25) is 3.43 Å². The summed E-state index contributed by atoms with van der Waals surface area (Å²) in [5, 5.41) is 0. The fourth-order valence-electron chi connectivity index (χ4n) is 1.17. The van der Waals surface area contributed by atoms with Crippen LogP contribution in [0.15, 0.2) is 0 Å². The van der Waals surface area contributed by atoms with Crippen LogP contribution in [0.3, 0.4) is 0 Å². The molecule has 1 heterocycles. The van der Waals surface area contributed by atoms with E-state index < -0.39 is 22.1 Å². The van der Waals surface area contributed by atoms with Crippen LogP contribution in [-0.2, 0) is 31.9 Å². The van der Waals surface area contributed by atoms with E-state index in [-0.39, 0.29) is 0 Å². The maximum absolute atomic E-state index is 5.14. The first-order chi connectivity index (χ1) is 4.75. The van der Waals surface area contributed by atoms with Crippen molar-refractivity contribution in [3.8, 4) is 0 Å². The number of halogens is 1. The van der Waals surface area contributed by atoms with Crippen LogP contribution in [0.4, 0.5) is 0 Å². The van der Waals surface area contributed by atoms with Crippen molar-refractivity contribution >= 4 is 11.9 Å². The van der Waals surface area contributed by atoms with Gasteiger partial charge in [-0.15, -0.1) is 0 Å². The van der Waals surface area contributed by atoms with Crippen LogP contribution >= 0.6 is 11.9 Å². The molecule has 0 bridgehead atoms. The predicted octanol–water partition coefficient (Wildman–Crippen LogP) is 2.15. The Labute approximate surface area is 79.3 Å². The Morgan fingerprint density at radius 2 is 2.30 bits per heavy atom. The summed E-state index contributed by atoms with van der Waals surface area (Å²) in [6.45, 7) is 5.20. The van der Waals surface area contributed by atoms with Crippen LogP contribution in [0.25, 0.3) is 0 Å². The molecule has 0 aromatic rings. The molecule has 0 unspecified atom stereocenters. The van der Waals surface area contributed by atoms with Gasteiger partial charge < -0.3 is 0 Å². The van der Waals surface area contributed by atoms with Crippen molar-refractivity contribution in [2.75, 3.05) is 6.61 Å². The minimum absolute atomic E-state index is 0.376. The standard InChI is InChI=1S/C6H11O2.BrH.Hg/c1-5(2)6-3-4-7-8-6;;/h3,5-6H,4H2,1-2H3;1H;/q;;+1/p-1/t6-;;/m0../s1. The van der Waals surface area contributed by atoms with E-state index in [0.717, 1.165) is 10.0 Å². The second kappa shape index (κ2) is 4.38. The molecule has 1 aliphatic rings.